The molecule has 2 aromatic heterocycles. The number of pyridine rings is 1. The SMILES string of the molecule is Cc1cnn([C@H]2CCCN(C(=O)Cc3ccc(C)nc3)C2)c1. The second-order valence-electron chi connectivity index (χ2n) is 6.12. The van der Waals surface area contributed by atoms with Gasteiger partial charge in [0.1, 0.15) is 0 Å². The third-order valence-electron chi connectivity index (χ3n) is 4.18. The maximum Gasteiger partial charge on any atom is 0.227 e. The van der Waals surface area contributed by atoms with E-state index in [4.69, 9.17) is 0 Å². The van der Waals surface area contributed by atoms with Gasteiger partial charge in [-0.25, -0.2) is 0 Å². The van der Waals surface area contributed by atoms with Gasteiger partial charge in [0.15, 0.2) is 0 Å². The molecule has 1 atom stereocenters. The van der Waals surface area contributed by atoms with Gasteiger partial charge in [-0.1, -0.05) is 6.07 Å². The normalized spacial score (nSPS) is 18.5. The fourth-order valence-electron chi connectivity index (χ4n) is 2.92. The number of likely N-dealkylation sites (tertiary alicyclic amines) is 1. The zero-order chi connectivity index (χ0) is 15.5. The second-order valence-corrected chi connectivity index (χ2v) is 6.12. The fraction of sp³-hybridized carbons (Fsp3) is 0.471. The summed E-state index contributed by atoms with van der Waals surface area (Å²) in [5.41, 5.74) is 3.12. The first kappa shape index (κ1) is 14.8. The highest BCUT2D eigenvalue weighted by molar-refractivity contribution is 5.78. The van der Waals surface area contributed by atoms with Crippen molar-refractivity contribution in [3.63, 3.8) is 0 Å². The second kappa shape index (κ2) is 6.30. The number of piperidine rings is 1. The Morgan fingerprint density at radius 2 is 2.18 bits per heavy atom. The Bertz CT molecular complexity index is 647. The predicted molar refractivity (Wildman–Crippen MR) is 84.5 cm³/mol. The first-order chi connectivity index (χ1) is 10.6. The van der Waals surface area contributed by atoms with Gasteiger partial charge >= 0.3 is 0 Å². The Balaban J connectivity index is 1.63. The highest BCUT2D eigenvalue weighted by Gasteiger charge is 2.25. The molecule has 1 amide bonds. The van der Waals surface area contributed by atoms with Gasteiger partial charge in [0.05, 0.1) is 18.7 Å². The van der Waals surface area contributed by atoms with E-state index in [1.54, 1.807) is 6.20 Å². The number of hydrogen-bond acceptors (Lipinski definition) is 3. The molecule has 5 heteroatoms. The van der Waals surface area contributed by atoms with Crippen molar-refractivity contribution in [2.75, 3.05) is 13.1 Å². The fourth-order valence-corrected chi connectivity index (χ4v) is 2.92. The number of nitrogens with zero attached hydrogens (tertiary/aromatic N) is 4. The highest BCUT2D eigenvalue weighted by atomic mass is 16.2. The number of carbonyl (C=O) groups excluding carboxylic acids is 1. The van der Waals surface area contributed by atoms with Gasteiger partial charge in [-0.3, -0.25) is 14.5 Å². The van der Waals surface area contributed by atoms with Gasteiger partial charge in [-0.15, -0.1) is 0 Å². The number of hydrogen-bond donors (Lipinski definition) is 0. The topological polar surface area (TPSA) is 51.0 Å². The summed E-state index contributed by atoms with van der Waals surface area (Å²) in [6.07, 6.45) is 8.27. The molecule has 116 valence electrons. The van der Waals surface area contributed by atoms with Crippen molar-refractivity contribution in [1.29, 1.82) is 0 Å². The summed E-state index contributed by atoms with van der Waals surface area (Å²) in [7, 11) is 0. The molecule has 1 aliphatic heterocycles. The molecule has 0 saturated carbocycles. The Morgan fingerprint density at radius 1 is 1.32 bits per heavy atom. The van der Waals surface area contributed by atoms with Crippen LogP contribution in [0.15, 0.2) is 30.7 Å². The molecular formula is C17H22N4O. The van der Waals surface area contributed by atoms with Crippen LogP contribution < -0.4 is 0 Å². The summed E-state index contributed by atoms with van der Waals surface area (Å²) >= 11 is 0. The van der Waals surface area contributed by atoms with Gasteiger partial charge in [-0.05, 0) is 43.9 Å². The third-order valence-corrected chi connectivity index (χ3v) is 4.18. The Morgan fingerprint density at radius 3 is 2.86 bits per heavy atom. The molecule has 2 aromatic rings. The van der Waals surface area contributed by atoms with Crippen LogP contribution in [0.2, 0.25) is 0 Å². The average molecular weight is 298 g/mol. The molecular weight excluding hydrogens is 276 g/mol. The number of rotatable bonds is 3. The molecule has 0 bridgehead atoms. The van der Waals surface area contributed by atoms with Gasteiger partial charge in [-0.2, -0.15) is 5.10 Å². The molecule has 0 radical (unpaired) electrons. The van der Waals surface area contributed by atoms with Gasteiger partial charge in [0, 0.05) is 31.2 Å². The van der Waals surface area contributed by atoms with E-state index in [2.05, 4.69) is 16.3 Å². The summed E-state index contributed by atoms with van der Waals surface area (Å²) in [4.78, 5) is 18.7. The first-order valence-electron chi connectivity index (χ1n) is 7.82. The third kappa shape index (κ3) is 3.35. The van der Waals surface area contributed by atoms with E-state index in [1.807, 2.05) is 41.8 Å². The lowest BCUT2D eigenvalue weighted by molar-refractivity contribution is -0.132. The lowest BCUT2D eigenvalue weighted by Gasteiger charge is -2.33. The quantitative estimate of drug-likeness (QED) is 0.873. The number of carbonyl (C=O) groups is 1. The minimum absolute atomic E-state index is 0.180. The van der Waals surface area contributed by atoms with E-state index in [9.17, 15) is 4.79 Å². The molecule has 1 aliphatic rings. The van der Waals surface area contributed by atoms with Crippen molar-refractivity contribution in [3.05, 3.63) is 47.5 Å². The minimum atomic E-state index is 0.180. The maximum absolute atomic E-state index is 12.5. The summed E-state index contributed by atoms with van der Waals surface area (Å²) in [6.45, 7) is 5.58. The van der Waals surface area contributed by atoms with E-state index in [-0.39, 0.29) is 5.91 Å². The summed E-state index contributed by atoms with van der Waals surface area (Å²) in [5.74, 6) is 0.180. The maximum atomic E-state index is 12.5. The van der Waals surface area contributed by atoms with E-state index in [1.165, 1.54) is 0 Å². The van der Waals surface area contributed by atoms with E-state index >= 15 is 0 Å². The van der Waals surface area contributed by atoms with E-state index < -0.39 is 0 Å². The van der Waals surface area contributed by atoms with Crippen LogP contribution in [-0.4, -0.2) is 38.7 Å². The molecule has 1 fully saturated rings. The van der Waals surface area contributed by atoms with Crippen LogP contribution in [0.3, 0.4) is 0 Å². The Kier molecular flexibility index (Phi) is 4.22. The average Bonchev–Trinajstić information content (AvgIpc) is 2.96. The van der Waals surface area contributed by atoms with Crippen LogP contribution in [-0.2, 0) is 11.2 Å². The van der Waals surface area contributed by atoms with Crippen molar-refractivity contribution in [3.8, 4) is 0 Å². The summed E-state index contributed by atoms with van der Waals surface area (Å²) < 4.78 is 2.00. The molecule has 0 aliphatic carbocycles. The van der Waals surface area contributed by atoms with Crippen molar-refractivity contribution >= 4 is 5.91 Å². The van der Waals surface area contributed by atoms with Crippen LogP contribution >= 0.6 is 0 Å². The number of aryl methyl sites for hydroxylation is 2. The Hall–Kier alpha value is -2.17. The van der Waals surface area contributed by atoms with Crippen molar-refractivity contribution < 1.29 is 4.79 Å². The zero-order valence-electron chi connectivity index (χ0n) is 13.2. The molecule has 0 unspecified atom stereocenters. The molecule has 22 heavy (non-hydrogen) atoms. The molecule has 0 aromatic carbocycles. The van der Waals surface area contributed by atoms with Gasteiger partial charge in [0.25, 0.3) is 0 Å². The van der Waals surface area contributed by atoms with E-state index in [0.717, 1.165) is 42.8 Å². The minimum Gasteiger partial charge on any atom is -0.340 e. The van der Waals surface area contributed by atoms with Crippen LogP contribution in [0.1, 0.15) is 35.7 Å². The van der Waals surface area contributed by atoms with E-state index in [0.29, 0.717) is 12.5 Å². The number of aromatic nitrogens is 3. The van der Waals surface area contributed by atoms with Crippen LogP contribution in [0.5, 0.6) is 0 Å². The number of amides is 1. The van der Waals surface area contributed by atoms with Crippen LogP contribution in [0.25, 0.3) is 0 Å². The molecule has 0 N–H and O–H groups in total. The lowest BCUT2D eigenvalue weighted by atomic mass is 10.0. The predicted octanol–water partition coefficient (Wildman–Crippen LogP) is 2.30. The molecule has 3 rings (SSSR count). The largest absolute Gasteiger partial charge is 0.340 e. The smallest absolute Gasteiger partial charge is 0.227 e. The van der Waals surface area contributed by atoms with Crippen LogP contribution in [0, 0.1) is 13.8 Å². The monoisotopic (exact) mass is 298 g/mol. The zero-order valence-corrected chi connectivity index (χ0v) is 13.2. The Labute approximate surface area is 131 Å². The molecule has 3 heterocycles. The summed E-state index contributed by atoms with van der Waals surface area (Å²) in [6, 6.07) is 4.23. The summed E-state index contributed by atoms with van der Waals surface area (Å²) in [5, 5.41) is 4.40. The standard InChI is InChI=1S/C17H22N4O/c1-13-9-19-21(11-13)16-4-3-7-20(12-16)17(22)8-15-6-5-14(2)18-10-15/h5-6,9-11,16H,3-4,7-8,12H2,1-2H3/t16-/m0/s1. The van der Waals surface area contributed by atoms with Crippen molar-refractivity contribution in [1.82, 2.24) is 19.7 Å². The van der Waals surface area contributed by atoms with Crippen molar-refractivity contribution in [2.24, 2.45) is 0 Å². The van der Waals surface area contributed by atoms with Crippen molar-refractivity contribution in [2.45, 2.75) is 39.2 Å². The van der Waals surface area contributed by atoms with Gasteiger partial charge < -0.3 is 4.90 Å². The highest BCUT2D eigenvalue weighted by Crippen LogP contribution is 2.21. The molecule has 0 spiro atoms. The van der Waals surface area contributed by atoms with Gasteiger partial charge in [0.2, 0.25) is 5.91 Å². The van der Waals surface area contributed by atoms with Crippen LogP contribution in [0.4, 0.5) is 0 Å². The molecule has 1 saturated heterocycles. The lowest BCUT2D eigenvalue weighted by Crippen LogP contribution is -2.41. The first-order valence-corrected chi connectivity index (χ1v) is 7.82. The molecule has 5 nitrogen and oxygen atoms in total.